The summed E-state index contributed by atoms with van der Waals surface area (Å²) in [5.74, 6) is 7.73. The Morgan fingerprint density at radius 1 is 0.508 bits per heavy atom. The Bertz CT molecular complexity index is 1540. The third kappa shape index (κ3) is 8.61. The molecule has 0 aromatic rings. The van der Waals surface area contributed by atoms with Gasteiger partial charge in [0.15, 0.2) is 0 Å². The molecule has 10 saturated carbocycles. The van der Waals surface area contributed by atoms with E-state index in [1.165, 1.54) is 51.4 Å². The van der Waals surface area contributed by atoms with E-state index in [0.717, 1.165) is 82.5 Å². The van der Waals surface area contributed by atoms with Crippen LogP contribution in [-0.4, -0.2) is 47.3 Å². The second kappa shape index (κ2) is 19.2. The summed E-state index contributed by atoms with van der Waals surface area (Å²) in [6.07, 6.45) is 20.7. The average molecular weight is 855 g/mol. The molecule has 0 amide bonds. The number of carbonyl (C=O) groups is 4. The molecule has 350 valence electrons. The highest BCUT2D eigenvalue weighted by molar-refractivity contribution is 5.75. The second-order valence-electron chi connectivity index (χ2n) is 21.9. The number of hydrogen-bond acceptors (Lipinski definition) is 8. The third-order valence-electron chi connectivity index (χ3n) is 19.2. The summed E-state index contributed by atoms with van der Waals surface area (Å²) < 4.78 is 24.3. The smallest absolute Gasteiger partial charge is 0.309 e. The fourth-order valence-corrected chi connectivity index (χ4v) is 16.1. The summed E-state index contributed by atoms with van der Waals surface area (Å²) >= 11 is 0. The van der Waals surface area contributed by atoms with Crippen LogP contribution < -0.4 is 0 Å². The molecule has 8 bridgehead atoms. The Morgan fingerprint density at radius 3 is 1.30 bits per heavy atom. The van der Waals surface area contributed by atoms with Crippen molar-refractivity contribution in [3.63, 3.8) is 0 Å². The van der Waals surface area contributed by atoms with Crippen molar-refractivity contribution in [1.82, 2.24) is 0 Å². The van der Waals surface area contributed by atoms with Gasteiger partial charge in [-0.25, -0.2) is 0 Å². The number of esters is 4. The molecule has 10 fully saturated rings. The summed E-state index contributed by atoms with van der Waals surface area (Å²) in [4.78, 5) is 51.1. The van der Waals surface area contributed by atoms with Crippen LogP contribution >= 0.6 is 0 Å². The molecule has 0 aliphatic heterocycles. The molecule has 18 unspecified atom stereocenters. The van der Waals surface area contributed by atoms with Crippen LogP contribution in [0.2, 0.25) is 0 Å². The molecule has 0 saturated heterocycles. The van der Waals surface area contributed by atoms with E-state index in [1.807, 2.05) is 27.7 Å². The first-order valence-corrected chi connectivity index (χ1v) is 24.2. The van der Waals surface area contributed by atoms with E-state index in [9.17, 15) is 19.2 Å². The van der Waals surface area contributed by atoms with Crippen molar-refractivity contribution in [2.75, 3.05) is 0 Å². The highest BCUT2D eigenvalue weighted by Gasteiger charge is 2.68. The standard InChI is InChI=1S/C25H38O4.C24H36O4.4CH4/c1-4-14(3)23(26)28-20-13-16-12-19(20)22-17-10-15(21(16)22)11-18(17)24(27)29-25(5-2)8-6-7-9-25;1-4-13(2)22(25)27-19-12-15-11-18(19)21-16-9-14(20(15)21)10-17(16)23(26)28-24(3)7-5-6-8-24;;;;/h14-22H,4-13H2,1-3H3;13-21H,4-12H2,1-3H3;4*1H4. The highest BCUT2D eigenvalue weighted by atomic mass is 16.6. The lowest BCUT2D eigenvalue weighted by molar-refractivity contribution is -0.171. The molecule has 0 spiro atoms. The van der Waals surface area contributed by atoms with Gasteiger partial charge in [-0.2, -0.15) is 0 Å². The zero-order valence-corrected chi connectivity index (χ0v) is 36.1. The van der Waals surface area contributed by atoms with Crippen molar-refractivity contribution in [1.29, 1.82) is 0 Å². The number of rotatable bonds is 11. The molecule has 0 aromatic heterocycles. The normalized spacial score (nSPS) is 42.3. The van der Waals surface area contributed by atoms with Gasteiger partial charge in [0.25, 0.3) is 0 Å². The number of ether oxygens (including phenoxy) is 4. The van der Waals surface area contributed by atoms with E-state index >= 15 is 0 Å². The van der Waals surface area contributed by atoms with Crippen molar-refractivity contribution in [3.05, 3.63) is 0 Å². The lowest BCUT2D eigenvalue weighted by Crippen LogP contribution is -2.43. The molecule has 18 atom stereocenters. The Labute approximate surface area is 372 Å². The first-order chi connectivity index (χ1) is 27.4. The van der Waals surface area contributed by atoms with Crippen molar-refractivity contribution in [2.45, 2.75) is 217 Å². The Hall–Kier alpha value is -2.12. The van der Waals surface area contributed by atoms with E-state index in [1.54, 1.807) is 0 Å². The largest absolute Gasteiger partial charge is 0.462 e. The van der Waals surface area contributed by atoms with Crippen LogP contribution in [0.3, 0.4) is 0 Å². The molecular weight excluding hydrogens is 765 g/mol. The predicted molar refractivity (Wildman–Crippen MR) is 242 cm³/mol. The molecule has 10 aliphatic carbocycles. The molecule has 0 radical (unpaired) electrons. The van der Waals surface area contributed by atoms with Crippen LogP contribution in [0.4, 0.5) is 0 Å². The van der Waals surface area contributed by atoms with Crippen molar-refractivity contribution < 1.29 is 38.1 Å². The monoisotopic (exact) mass is 855 g/mol. The topological polar surface area (TPSA) is 105 Å². The summed E-state index contributed by atoms with van der Waals surface area (Å²) in [6, 6.07) is 0. The van der Waals surface area contributed by atoms with Gasteiger partial charge in [-0.1, -0.05) is 64.3 Å². The first-order valence-electron chi connectivity index (χ1n) is 24.2. The van der Waals surface area contributed by atoms with E-state index in [2.05, 4.69) is 13.8 Å². The number of fused-ring (bicyclic) bond motifs is 18. The maximum Gasteiger partial charge on any atom is 0.309 e. The van der Waals surface area contributed by atoms with E-state index in [0.29, 0.717) is 59.2 Å². The third-order valence-corrected chi connectivity index (χ3v) is 19.2. The highest BCUT2D eigenvalue weighted by Crippen LogP contribution is 2.71. The fraction of sp³-hybridized carbons (Fsp3) is 0.925. The van der Waals surface area contributed by atoms with Gasteiger partial charge in [-0.15, -0.1) is 0 Å². The molecule has 10 rings (SSSR count). The maximum atomic E-state index is 13.2. The van der Waals surface area contributed by atoms with Crippen LogP contribution in [0, 0.1) is 94.7 Å². The van der Waals surface area contributed by atoms with Crippen LogP contribution in [0.15, 0.2) is 0 Å². The van der Waals surface area contributed by atoms with Gasteiger partial charge in [0.2, 0.25) is 0 Å². The lowest BCUT2D eigenvalue weighted by atomic mass is 9.66. The van der Waals surface area contributed by atoms with Crippen LogP contribution in [-0.2, 0) is 38.1 Å². The van der Waals surface area contributed by atoms with Crippen molar-refractivity contribution in [2.24, 2.45) is 94.7 Å². The maximum absolute atomic E-state index is 13.2. The zero-order chi connectivity index (χ0) is 40.0. The molecule has 61 heavy (non-hydrogen) atoms. The van der Waals surface area contributed by atoms with E-state index in [4.69, 9.17) is 18.9 Å². The molecule has 0 heterocycles. The lowest BCUT2D eigenvalue weighted by Gasteiger charge is -2.41. The van der Waals surface area contributed by atoms with E-state index in [-0.39, 0.29) is 101 Å². The summed E-state index contributed by atoms with van der Waals surface area (Å²) in [5, 5.41) is 0. The first kappa shape index (κ1) is 49.9. The average Bonchev–Trinajstić information content (AvgIpc) is 4.05. The van der Waals surface area contributed by atoms with Gasteiger partial charge < -0.3 is 18.9 Å². The minimum Gasteiger partial charge on any atom is -0.462 e. The molecule has 0 N–H and O–H groups in total. The van der Waals surface area contributed by atoms with Gasteiger partial charge in [0.05, 0.1) is 23.7 Å². The fourth-order valence-electron chi connectivity index (χ4n) is 16.1. The van der Waals surface area contributed by atoms with Gasteiger partial charge in [0, 0.05) is 0 Å². The molecule has 10 aliphatic rings. The zero-order valence-electron chi connectivity index (χ0n) is 36.1. The second-order valence-corrected chi connectivity index (χ2v) is 21.9. The quantitative estimate of drug-likeness (QED) is 0.115. The van der Waals surface area contributed by atoms with Gasteiger partial charge in [0.1, 0.15) is 23.4 Å². The molecule has 8 heteroatoms. The van der Waals surface area contributed by atoms with E-state index < -0.39 is 0 Å². The number of carbonyl (C=O) groups excluding carboxylic acids is 4. The summed E-state index contributed by atoms with van der Waals surface area (Å²) in [7, 11) is 0. The molecular formula is C53H90O8. The predicted octanol–water partition coefficient (Wildman–Crippen LogP) is 12.4. The van der Waals surface area contributed by atoms with Gasteiger partial charge in [-0.05, 0) is 200 Å². The van der Waals surface area contributed by atoms with Crippen molar-refractivity contribution >= 4 is 23.9 Å². The SMILES string of the molecule is C.C.C.C.CCC(C)C(=O)OC1CC2CC1C1C3CC(CC3C(=O)OC3(C)CCCC3)C21.CCC(C)C(=O)OC1CC2CC1C1C3CC(CC3C(=O)OC3(CC)CCCC3)C21. The molecule has 8 nitrogen and oxygen atoms in total. The molecule has 0 aromatic carbocycles. The Morgan fingerprint density at radius 2 is 0.885 bits per heavy atom. The minimum absolute atomic E-state index is 0. The number of hydrogen-bond donors (Lipinski definition) is 0. The summed E-state index contributed by atoms with van der Waals surface area (Å²) in [6.45, 7) is 12.3. The van der Waals surface area contributed by atoms with Gasteiger partial charge in [-0.3, -0.25) is 19.2 Å². The minimum atomic E-state index is -0.221. The van der Waals surface area contributed by atoms with Crippen molar-refractivity contribution in [3.8, 4) is 0 Å². The van der Waals surface area contributed by atoms with Crippen LogP contribution in [0.5, 0.6) is 0 Å². The Kier molecular flexibility index (Phi) is 15.7. The van der Waals surface area contributed by atoms with Crippen LogP contribution in [0.1, 0.15) is 193 Å². The van der Waals surface area contributed by atoms with Gasteiger partial charge >= 0.3 is 23.9 Å². The Balaban J connectivity index is 0.000000217. The summed E-state index contributed by atoms with van der Waals surface area (Å²) in [5.41, 5.74) is -0.400. The van der Waals surface area contributed by atoms with Crippen LogP contribution in [0.25, 0.3) is 0 Å².